The molecule has 0 radical (unpaired) electrons. The summed E-state index contributed by atoms with van der Waals surface area (Å²) in [5.41, 5.74) is 0.575. The molecule has 0 bridgehead atoms. The number of aryl methyl sites for hydroxylation is 1. The number of aromatic nitrogens is 1. The van der Waals surface area contributed by atoms with Gasteiger partial charge in [0.1, 0.15) is 5.69 Å². The van der Waals surface area contributed by atoms with Crippen LogP contribution in [0.5, 0.6) is 0 Å². The first kappa shape index (κ1) is 14.2. The van der Waals surface area contributed by atoms with Crippen molar-refractivity contribution in [3.63, 3.8) is 0 Å². The predicted octanol–water partition coefficient (Wildman–Crippen LogP) is 1.64. The van der Waals surface area contributed by atoms with Crippen LogP contribution in [0.3, 0.4) is 0 Å². The number of likely N-dealkylation sites (tertiary alicyclic amines) is 2. The normalized spacial score (nSPS) is 26.5. The van der Waals surface area contributed by atoms with E-state index in [1.165, 1.54) is 0 Å². The highest BCUT2D eigenvalue weighted by Crippen LogP contribution is 2.36. The lowest BCUT2D eigenvalue weighted by Gasteiger charge is -2.50. The molecule has 2 aliphatic heterocycles. The van der Waals surface area contributed by atoms with Crippen molar-refractivity contribution in [3.8, 4) is 0 Å². The minimum Gasteiger partial charge on any atom is -0.347 e. The Balaban J connectivity index is 1.81. The summed E-state index contributed by atoms with van der Waals surface area (Å²) in [7, 11) is 3.79. The summed E-state index contributed by atoms with van der Waals surface area (Å²) < 4.78 is 1.86. The van der Waals surface area contributed by atoms with Crippen LogP contribution >= 0.6 is 0 Å². The average Bonchev–Trinajstić information content (AvgIpc) is 2.90. The van der Waals surface area contributed by atoms with E-state index in [9.17, 15) is 9.59 Å². The van der Waals surface area contributed by atoms with E-state index in [1.807, 2.05) is 46.8 Å². The van der Waals surface area contributed by atoms with Crippen molar-refractivity contribution >= 4 is 11.8 Å². The van der Waals surface area contributed by atoms with Crippen molar-refractivity contribution < 1.29 is 9.59 Å². The second-order valence-electron chi connectivity index (χ2n) is 6.37. The predicted molar refractivity (Wildman–Crippen MR) is 79.9 cm³/mol. The zero-order valence-corrected chi connectivity index (χ0v) is 12.8. The van der Waals surface area contributed by atoms with Gasteiger partial charge in [-0.3, -0.25) is 9.59 Å². The second kappa shape index (κ2) is 5.20. The highest BCUT2D eigenvalue weighted by molar-refractivity contribution is 5.93. The summed E-state index contributed by atoms with van der Waals surface area (Å²) >= 11 is 0. The van der Waals surface area contributed by atoms with Crippen molar-refractivity contribution in [2.24, 2.45) is 7.05 Å². The topological polar surface area (TPSA) is 45.6 Å². The molecule has 0 aliphatic carbocycles. The molecule has 1 aromatic rings. The Morgan fingerprint density at radius 2 is 2.00 bits per heavy atom. The highest BCUT2D eigenvalue weighted by Gasteiger charge is 2.44. The first-order valence-corrected chi connectivity index (χ1v) is 7.71. The number of amides is 2. The van der Waals surface area contributed by atoms with Gasteiger partial charge in [0, 0.05) is 39.8 Å². The third kappa shape index (κ3) is 2.34. The molecule has 2 aliphatic rings. The highest BCUT2D eigenvalue weighted by atomic mass is 16.2. The van der Waals surface area contributed by atoms with Crippen LogP contribution in [-0.4, -0.2) is 51.9 Å². The van der Waals surface area contributed by atoms with Gasteiger partial charge in [0.15, 0.2) is 0 Å². The molecule has 1 aromatic heterocycles. The van der Waals surface area contributed by atoms with Gasteiger partial charge in [-0.15, -0.1) is 0 Å². The van der Waals surface area contributed by atoms with E-state index >= 15 is 0 Å². The maximum Gasteiger partial charge on any atom is 0.270 e. The number of carbonyl (C=O) groups is 2. The molecule has 3 rings (SSSR count). The summed E-state index contributed by atoms with van der Waals surface area (Å²) in [6, 6.07) is 3.75. The number of hydrogen-bond acceptors (Lipinski definition) is 2. The van der Waals surface area contributed by atoms with Gasteiger partial charge in [0.25, 0.3) is 5.91 Å². The molecule has 5 nitrogen and oxygen atoms in total. The number of carbonyl (C=O) groups excluding carboxylic acids is 2. The number of rotatable bonds is 1. The van der Waals surface area contributed by atoms with E-state index in [0.717, 1.165) is 37.9 Å². The fraction of sp³-hybridized carbons (Fsp3) is 0.625. The SMILES string of the molecule is CN1C(=O)CCC[C@]12CCCN(C(=O)c1cccn1C)C2. The molecule has 2 fully saturated rings. The Labute approximate surface area is 125 Å². The van der Waals surface area contributed by atoms with Gasteiger partial charge >= 0.3 is 0 Å². The lowest BCUT2D eigenvalue weighted by molar-refractivity contribution is -0.142. The van der Waals surface area contributed by atoms with Crippen LogP contribution in [0.4, 0.5) is 0 Å². The van der Waals surface area contributed by atoms with Gasteiger partial charge in [-0.05, 0) is 37.8 Å². The third-order valence-electron chi connectivity index (χ3n) is 5.12. The standard InChI is InChI=1S/C16H23N3O2/c1-17-10-4-6-13(17)15(21)19-11-5-9-16(12-19)8-3-7-14(20)18(16)2/h4,6,10H,3,5,7-9,11-12H2,1-2H3/t16-/m1/s1. The fourth-order valence-corrected chi connectivity index (χ4v) is 3.78. The van der Waals surface area contributed by atoms with E-state index in [0.29, 0.717) is 13.0 Å². The Morgan fingerprint density at radius 1 is 1.24 bits per heavy atom. The van der Waals surface area contributed by atoms with Gasteiger partial charge in [0.2, 0.25) is 5.91 Å². The van der Waals surface area contributed by atoms with Gasteiger partial charge in [0.05, 0.1) is 5.54 Å². The molecule has 0 aromatic carbocycles. The Hall–Kier alpha value is -1.78. The Bertz CT molecular complexity index is 562. The Morgan fingerprint density at radius 3 is 2.71 bits per heavy atom. The molecular weight excluding hydrogens is 266 g/mol. The quantitative estimate of drug-likeness (QED) is 0.789. The van der Waals surface area contributed by atoms with E-state index < -0.39 is 0 Å². The zero-order valence-electron chi connectivity index (χ0n) is 12.8. The second-order valence-corrected chi connectivity index (χ2v) is 6.37. The zero-order chi connectivity index (χ0) is 15.0. The molecule has 0 saturated carbocycles. The van der Waals surface area contributed by atoms with Crippen molar-refractivity contribution in [2.75, 3.05) is 20.1 Å². The van der Waals surface area contributed by atoms with Crippen LogP contribution in [0.25, 0.3) is 0 Å². The molecular formula is C16H23N3O2. The van der Waals surface area contributed by atoms with Crippen LogP contribution in [0.1, 0.15) is 42.6 Å². The summed E-state index contributed by atoms with van der Waals surface area (Å²) in [4.78, 5) is 28.6. The number of nitrogens with zero attached hydrogens (tertiary/aromatic N) is 3. The number of hydrogen-bond donors (Lipinski definition) is 0. The summed E-state index contributed by atoms with van der Waals surface area (Å²) in [5.74, 6) is 0.294. The molecule has 5 heteroatoms. The molecule has 2 saturated heterocycles. The third-order valence-corrected chi connectivity index (χ3v) is 5.12. The lowest BCUT2D eigenvalue weighted by Crippen LogP contribution is -2.61. The van der Waals surface area contributed by atoms with Crippen molar-refractivity contribution in [3.05, 3.63) is 24.0 Å². The summed E-state index contributed by atoms with van der Waals surface area (Å²) in [5, 5.41) is 0. The first-order valence-electron chi connectivity index (χ1n) is 7.71. The molecule has 0 unspecified atom stereocenters. The molecule has 1 atom stereocenters. The molecule has 114 valence electrons. The van der Waals surface area contributed by atoms with Crippen LogP contribution in [0, 0.1) is 0 Å². The summed E-state index contributed by atoms with van der Waals surface area (Å²) in [6.07, 6.45) is 6.45. The molecule has 0 N–H and O–H groups in total. The van der Waals surface area contributed by atoms with Crippen molar-refractivity contribution in [2.45, 2.75) is 37.6 Å². The molecule has 1 spiro atoms. The molecule has 3 heterocycles. The number of likely N-dealkylation sites (N-methyl/N-ethyl adjacent to an activating group) is 1. The van der Waals surface area contributed by atoms with Gasteiger partial charge in [-0.25, -0.2) is 0 Å². The average molecular weight is 289 g/mol. The van der Waals surface area contributed by atoms with Crippen molar-refractivity contribution in [1.82, 2.24) is 14.4 Å². The van der Waals surface area contributed by atoms with E-state index in [2.05, 4.69) is 0 Å². The Kier molecular flexibility index (Phi) is 3.51. The van der Waals surface area contributed by atoms with E-state index in [4.69, 9.17) is 0 Å². The molecule has 2 amide bonds. The lowest BCUT2D eigenvalue weighted by atomic mass is 9.80. The smallest absolute Gasteiger partial charge is 0.270 e. The van der Waals surface area contributed by atoms with E-state index in [1.54, 1.807) is 0 Å². The van der Waals surface area contributed by atoms with Crippen LogP contribution in [-0.2, 0) is 11.8 Å². The van der Waals surface area contributed by atoms with Gasteiger partial charge in [-0.2, -0.15) is 0 Å². The maximum atomic E-state index is 12.7. The van der Waals surface area contributed by atoms with Crippen LogP contribution in [0.2, 0.25) is 0 Å². The fourth-order valence-electron chi connectivity index (χ4n) is 3.78. The minimum absolute atomic E-state index is 0.0768. The number of piperidine rings is 2. The monoisotopic (exact) mass is 289 g/mol. The van der Waals surface area contributed by atoms with Crippen LogP contribution in [0.15, 0.2) is 18.3 Å². The first-order chi connectivity index (χ1) is 10.0. The maximum absolute atomic E-state index is 12.7. The van der Waals surface area contributed by atoms with Gasteiger partial charge < -0.3 is 14.4 Å². The van der Waals surface area contributed by atoms with Gasteiger partial charge in [-0.1, -0.05) is 0 Å². The van der Waals surface area contributed by atoms with Crippen molar-refractivity contribution in [1.29, 1.82) is 0 Å². The minimum atomic E-state index is -0.144. The summed E-state index contributed by atoms with van der Waals surface area (Å²) in [6.45, 7) is 1.45. The van der Waals surface area contributed by atoms with E-state index in [-0.39, 0.29) is 17.4 Å². The molecule has 21 heavy (non-hydrogen) atoms. The largest absolute Gasteiger partial charge is 0.347 e. The van der Waals surface area contributed by atoms with Crippen LogP contribution < -0.4 is 0 Å².